The Kier molecular flexibility index (Phi) is 3.23. The van der Waals surface area contributed by atoms with Crippen LogP contribution < -0.4 is 9.80 Å². The van der Waals surface area contributed by atoms with Gasteiger partial charge in [0.05, 0.1) is 17.5 Å². The molecule has 1 saturated heterocycles. The SMILES string of the molecule is Cc1ccc(N2C(=O)[C@@H]3CN(C)c4ccc(C)cc4[C@@H]3C2=O)cc1. The van der Waals surface area contributed by atoms with Crippen LogP contribution in [0.2, 0.25) is 0 Å². The van der Waals surface area contributed by atoms with E-state index in [-0.39, 0.29) is 23.7 Å². The number of amides is 2. The van der Waals surface area contributed by atoms with E-state index >= 15 is 0 Å². The third kappa shape index (κ3) is 2.06. The van der Waals surface area contributed by atoms with Crippen LogP contribution in [-0.2, 0) is 9.59 Å². The van der Waals surface area contributed by atoms with Gasteiger partial charge in [0.25, 0.3) is 0 Å². The van der Waals surface area contributed by atoms with Gasteiger partial charge in [0, 0.05) is 19.3 Å². The van der Waals surface area contributed by atoms with Crippen molar-refractivity contribution in [3.63, 3.8) is 0 Å². The third-order valence-electron chi connectivity index (χ3n) is 5.12. The first-order valence-electron chi connectivity index (χ1n) is 8.23. The molecular formula is C20H20N2O2. The molecule has 2 aliphatic heterocycles. The summed E-state index contributed by atoms with van der Waals surface area (Å²) in [5.41, 5.74) is 4.91. The summed E-state index contributed by atoms with van der Waals surface area (Å²) in [5.74, 6) is -0.871. The normalized spacial score (nSPS) is 22.6. The van der Waals surface area contributed by atoms with E-state index in [1.165, 1.54) is 4.90 Å². The minimum absolute atomic E-state index is 0.0899. The van der Waals surface area contributed by atoms with Gasteiger partial charge in [-0.1, -0.05) is 35.4 Å². The highest BCUT2D eigenvalue weighted by molar-refractivity contribution is 6.24. The fourth-order valence-electron chi connectivity index (χ4n) is 3.87. The number of carbonyl (C=O) groups excluding carboxylic acids is 2. The average molecular weight is 320 g/mol. The minimum Gasteiger partial charge on any atom is -0.374 e. The van der Waals surface area contributed by atoms with Gasteiger partial charge in [-0.2, -0.15) is 0 Å². The van der Waals surface area contributed by atoms with Crippen LogP contribution in [0.3, 0.4) is 0 Å². The maximum Gasteiger partial charge on any atom is 0.242 e. The molecule has 0 aliphatic carbocycles. The molecule has 2 aromatic carbocycles. The van der Waals surface area contributed by atoms with E-state index in [4.69, 9.17) is 0 Å². The summed E-state index contributed by atoms with van der Waals surface area (Å²) >= 11 is 0. The van der Waals surface area contributed by atoms with Gasteiger partial charge >= 0.3 is 0 Å². The topological polar surface area (TPSA) is 40.6 Å². The number of carbonyl (C=O) groups is 2. The van der Waals surface area contributed by atoms with Crippen LogP contribution in [0, 0.1) is 19.8 Å². The van der Waals surface area contributed by atoms with Gasteiger partial charge in [-0.25, -0.2) is 4.90 Å². The first-order chi connectivity index (χ1) is 11.5. The predicted molar refractivity (Wildman–Crippen MR) is 94.4 cm³/mol. The molecule has 4 rings (SSSR count). The lowest BCUT2D eigenvalue weighted by Crippen LogP contribution is -2.37. The van der Waals surface area contributed by atoms with Crippen molar-refractivity contribution in [2.45, 2.75) is 19.8 Å². The lowest BCUT2D eigenvalue weighted by molar-refractivity contribution is -0.122. The summed E-state index contributed by atoms with van der Waals surface area (Å²) in [7, 11) is 1.98. The van der Waals surface area contributed by atoms with Crippen molar-refractivity contribution in [1.29, 1.82) is 0 Å². The predicted octanol–water partition coefficient (Wildman–Crippen LogP) is 3.03. The van der Waals surface area contributed by atoms with Gasteiger partial charge in [0.2, 0.25) is 11.8 Å². The summed E-state index contributed by atoms with van der Waals surface area (Å²) < 4.78 is 0. The second kappa shape index (κ2) is 5.20. The Bertz CT molecular complexity index is 841. The van der Waals surface area contributed by atoms with E-state index < -0.39 is 0 Å². The fraction of sp³-hybridized carbons (Fsp3) is 0.300. The molecule has 24 heavy (non-hydrogen) atoms. The molecule has 0 N–H and O–H groups in total. The number of fused-ring (bicyclic) bond motifs is 3. The molecule has 0 saturated carbocycles. The van der Waals surface area contributed by atoms with E-state index in [0.29, 0.717) is 12.2 Å². The standard InChI is InChI=1S/C20H20N2O2/c1-12-4-7-14(8-5-12)22-19(23)16-11-21(3)17-9-6-13(2)10-15(17)18(16)20(22)24/h4-10,16,18H,11H2,1-3H3/t16-,18+/m1/s1. The van der Waals surface area contributed by atoms with Crippen LogP contribution in [-0.4, -0.2) is 25.4 Å². The van der Waals surface area contributed by atoms with Crippen molar-refractivity contribution in [1.82, 2.24) is 0 Å². The van der Waals surface area contributed by atoms with Crippen molar-refractivity contribution in [2.24, 2.45) is 5.92 Å². The highest BCUT2D eigenvalue weighted by Gasteiger charge is 2.52. The molecule has 2 atom stereocenters. The number of imide groups is 1. The van der Waals surface area contributed by atoms with Crippen LogP contribution in [0.5, 0.6) is 0 Å². The number of rotatable bonds is 1. The molecule has 0 unspecified atom stereocenters. The number of benzene rings is 2. The molecule has 0 bridgehead atoms. The van der Waals surface area contributed by atoms with Gasteiger partial charge in [-0.05, 0) is 37.6 Å². The molecular weight excluding hydrogens is 300 g/mol. The quantitative estimate of drug-likeness (QED) is 0.758. The smallest absolute Gasteiger partial charge is 0.242 e. The van der Waals surface area contributed by atoms with Crippen LogP contribution >= 0.6 is 0 Å². The molecule has 2 aliphatic rings. The van der Waals surface area contributed by atoms with Gasteiger partial charge in [0.15, 0.2) is 0 Å². The summed E-state index contributed by atoms with van der Waals surface area (Å²) in [4.78, 5) is 29.5. The fourth-order valence-corrected chi connectivity index (χ4v) is 3.87. The van der Waals surface area contributed by atoms with Crippen molar-refractivity contribution in [3.05, 3.63) is 59.2 Å². The van der Waals surface area contributed by atoms with Crippen LogP contribution in [0.4, 0.5) is 11.4 Å². The van der Waals surface area contributed by atoms with Crippen LogP contribution in [0.25, 0.3) is 0 Å². The van der Waals surface area contributed by atoms with Crippen molar-refractivity contribution in [2.75, 3.05) is 23.4 Å². The summed E-state index contributed by atoms with van der Waals surface area (Å²) in [6.07, 6.45) is 0. The molecule has 2 heterocycles. The van der Waals surface area contributed by atoms with E-state index in [1.807, 2.05) is 57.3 Å². The number of hydrogen-bond acceptors (Lipinski definition) is 3. The van der Waals surface area contributed by atoms with E-state index in [2.05, 4.69) is 11.0 Å². The van der Waals surface area contributed by atoms with E-state index in [0.717, 1.165) is 22.4 Å². The number of aryl methyl sites for hydroxylation is 2. The molecule has 1 fully saturated rings. The summed E-state index contributed by atoms with van der Waals surface area (Å²) in [5, 5.41) is 0. The largest absolute Gasteiger partial charge is 0.374 e. The Morgan fingerprint density at radius 3 is 2.29 bits per heavy atom. The Morgan fingerprint density at radius 2 is 1.58 bits per heavy atom. The first kappa shape index (κ1) is 14.9. The molecule has 2 amide bonds. The first-order valence-corrected chi connectivity index (χ1v) is 8.23. The van der Waals surface area contributed by atoms with Crippen molar-refractivity contribution < 1.29 is 9.59 Å². The second-order valence-electron chi connectivity index (χ2n) is 6.87. The number of anilines is 2. The Labute approximate surface area is 141 Å². The molecule has 0 radical (unpaired) electrons. The van der Waals surface area contributed by atoms with Gasteiger partial charge < -0.3 is 4.90 Å². The van der Waals surface area contributed by atoms with Crippen LogP contribution in [0.15, 0.2) is 42.5 Å². The lowest BCUT2D eigenvalue weighted by Gasteiger charge is -2.33. The summed E-state index contributed by atoms with van der Waals surface area (Å²) in [6.45, 7) is 4.59. The van der Waals surface area contributed by atoms with Gasteiger partial charge in [-0.3, -0.25) is 9.59 Å². The lowest BCUT2D eigenvalue weighted by atomic mass is 9.82. The number of hydrogen-bond donors (Lipinski definition) is 0. The zero-order chi connectivity index (χ0) is 17.0. The third-order valence-corrected chi connectivity index (χ3v) is 5.12. The Hall–Kier alpha value is -2.62. The highest BCUT2D eigenvalue weighted by Crippen LogP contribution is 2.45. The van der Waals surface area contributed by atoms with E-state index in [1.54, 1.807) is 0 Å². The zero-order valence-electron chi connectivity index (χ0n) is 14.1. The van der Waals surface area contributed by atoms with Gasteiger partial charge in [0.1, 0.15) is 0 Å². The molecule has 4 nitrogen and oxygen atoms in total. The maximum absolute atomic E-state index is 13.1. The van der Waals surface area contributed by atoms with Crippen LogP contribution in [0.1, 0.15) is 22.6 Å². The second-order valence-corrected chi connectivity index (χ2v) is 6.87. The monoisotopic (exact) mass is 320 g/mol. The molecule has 2 aromatic rings. The average Bonchev–Trinajstić information content (AvgIpc) is 2.79. The molecule has 122 valence electrons. The van der Waals surface area contributed by atoms with Crippen molar-refractivity contribution >= 4 is 23.2 Å². The Morgan fingerprint density at radius 1 is 0.917 bits per heavy atom. The Balaban J connectivity index is 1.81. The van der Waals surface area contributed by atoms with Gasteiger partial charge in [-0.15, -0.1) is 0 Å². The highest BCUT2D eigenvalue weighted by atomic mass is 16.2. The summed E-state index contributed by atoms with van der Waals surface area (Å²) in [6, 6.07) is 13.7. The minimum atomic E-state index is -0.370. The molecule has 0 spiro atoms. The number of nitrogens with zero attached hydrogens (tertiary/aromatic N) is 2. The van der Waals surface area contributed by atoms with Crippen molar-refractivity contribution in [3.8, 4) is 0 Å². The molecule has 0 aromatic heterocycles. The van der Waals surface area contributed by atoms with E-state index in [9.17, 15) is 9.59 Å². The zero-order valence-corrected chi connectivity index (χ0v) is 14.1. The maximum atomic E-state index is 13.1. The molecule has 4 heteroatoms.